The quantitative estimate of drug-likeness (QED) is 0.734. The number of nitrogens with one attached hydrogen (secondary N) is 2. The van der Waals surface area contributed by atoms with E-state index in [9.17, 15) is 22.8 Å². The molecule has 0 spiro atoms. The van der Waals surface area contributed by atoms with Crippen LogP contribution in [0.4, 0.5) is 18.9 Å². The first-order valence-corrected chi connectivity index (χ1v) is 6.74. The van der Waals surface area contributed by atoms with Crippen LogP contribution < -0.4 is 16.4 Å². The number of hydrogen-bond donors (Lipinski definition) is 3. The Hall–Kier alpha value is -1.80. The van der Waals surface area contributed by atoms with Crippen LogP contribution in [0.1, 0.15) is 30.9 Å². The van der Waals surface area contributed by atoms with Crippen LogP contribution in [0.25, 0.3) is 0 Å². The first-order valence-electron chi connectivity index (χ1n) is 6.74. The second-order valence-electron chi connectivity index (χ2n) is 4.70. The van der Waals surface area contributed by atoms with Gasteiger partial charge in [0.25, 0.3) is 0 Å². The van der Waals surface area contributed by atoms with Gasteiger partial charge in [0, 0.05) is 18.7 Å². The molecular formula is C14H19ClF3N3O2. The molecule has 0 radical (unpaired) electrons. The first kappa shape index (κ1) is 21.2. The standard InChI is InChI=1S/C14H18F3N3O2.ClH/c1-2-3-12(21)19-8-13(22)20-11-5-9(7-18)4-10(6-11)14(15,16)17;/h4-6H,2-3,7-8,18H2,1H3,(H,19,21)(H,20,22);1H. The lowest BCUT2D eigenvalue weighted by atomic mass is 10.1. The number of alkyl halides is 3. The largest absolute Gasteiger partial charge is 0.416 e. The molecule has 0 heterocycles. The van der Waals surface area contributed by atoms with Gasteiger partial charge in [-0.15, -0.1) is 12.4 Å². The van der Waals surface area contributed by atoms with Crippen molar-refractivity contribution in [3.8, 4) is 0 Å². The van der Waals surface area contributed by atoms with Crippen LogP contribution >= 0.6 is 12.4 Å². The van der Waals surface area contributed by atoms with Crippen LogP contribution in [0, 0.1) is 0 Å². The van der Waals surface area contributed by atoms with Gasteiger partial charge in [-0.2, -0.15) is 13.2 Å². The van der Waals surface area contributed by atoms with Gasteiger partial charge in [-0.1, -0.05) is 6.92 Å². The fraction of sp³-hybridized carbons (Fsp3) is 0.429. The van der Waals surface area contributed by atoms with Crippen molar-refractivity contribution in [3.63, 3.8) is 0 Å². The highest BCUT2D eigenvalue weighted by Crippen LogP contribution is 2.31. The molecule has 0 fully saturated rings. The minimum atomic E-state index is -4.53. The summed E-state index contributed by atoms with van der Waals surface area (Å²) >= 11 is 0. The molecule has 0 aliphatic rings. The lowest BCUT2D eigenvalue weighted by Crippen LogP contribution is -2.32. The van der Waals surface area contributed by atoms with E-state index in [1.54, 1.807) is 0 Å². The molecular weight excluding hydrogens is 335 g/mol. The van der Waals surface area contributed by atoms with Crippen LogP contribution in [0.5, 0.6) is 0 Å². The number of carbonyl (C=O) groups excluding carboxylic acids is 2. The van der Waals surface area contributed by atoms with Crippen molar-refractivity contribution in [1.82, 2.24) is 5.32 Å². The highest BCUT2D eigenvalue weighted by molar-refractivity contribution is 5.94. The summed E-state index contributed by atoms with van der Waals surface area (Å²) in [6, 6.07) is 3.12. The van der Waals surface area contributed by atoms with Crippen molar-refractivity contribution in [2.45, 2.75) is 32.5 Å². The summed E-state index contributed by atoms with van der Waals surface area (Å²) in [4.78, 5) is 22.9. The van der Waals surface area contributed by atoms with Crippen molar-refractivity contribution in [3.05, 3.63) is 29.3 Å². The number of carbonyl (C=O) groups is 2. The lowest BCUT2D eigenvalue weighted by Gasteiger charge is -2.12. The van der Waals surface area contributed by atoms with E-state index in [1.807, 2.05) is 6.92 Å². The summed E-state index contributed by atoms with van der Waals surface area (Å²) in [6.07, 6.45) is -3.60. The molecule has 0 atom stereocenters. The zero-order valence-electron chi connectivity index (χ0n) is 12.5. The van der Waals surface area contributed by atoms with Crippen molar-refractivity contribution >= 4 is 29.9 Å². The van der Waals surface area contributed by atoms with Gasteiger partial charge < -0.3 is 16.4 Å². The van der Waals surface area contributed by atoms with E-state index in [0.29, 0.717) is 6.42 Å². The Balaban J connectivity index is 0.00000484. The van der Waals surface area contributed by atoms with E-state index in [4.69, 9.17) is 5.73 Å². The smallest absolute Gasteiger partial charge is 0.347 e. The molecule has 0 saturated heterocycles. The molecule has 5 nitrogen and oxygen atoms in total. The summed E-state index contributed by atoms with van der Waals surface area (Å²) in [5.41, 5.74) is 4.71. The Morgan fingerprint density at radius 1 is 1.17 bits per heavy atom. The zero-order valence-corrected chi connectivity index (χ0v) is 13.3. The molecule has 4 N–H and O–H groups in total. The summed E-state index contributed by atoms with van der Waals surface area (Å²) in [7, 11) is 0. The fourth-order valence-corrected chi connectivity index (χ4v) is 1.75. The third-order valence-electron chi connectivity index (χ3n) is 2.76. The van der Waals surface area contributed by atoms with E-state index in [2.05, 4.69) is 10.6 Å². The molecule has 1 aromatic carbocycles. The molecule has 23 heavy (non-hydrogen) atoms. The van der Waals surface area contributed by atoms with E-state index in [0.717, 1.165) is 12.1 Å². The van der Waals surface area contributed by atoms with Crippen LogP contribution in [0.3, 0.4) is 0 Å². The molecule has 0 saturated carbocycles. The van der Waals surface area contributed by atoms with Crippen LogP contribution in [-0.4, -0.2) is 18.4 Å². The van der Waals surface area contributed by atoms with Crippen molar-refractivity contribution in [2.24, 2.45) is 5.73 Å². The Morgan fingerprint density at radius 3 is 2.35 bits per heavy atom. The van der Waals surface area contributed by atoms with Crippen LogP contribution in [0.15, 0.2) is 18.2 Å². The molecule has 9 heteroatoms. The minimum absolute atomic E-state index is 0. The zero-order chi connectivity index (χ0) is 16.8. The maximum atomic E-state index is 12.7. The van der Waals surface area contributed by atoms with Crippen molar-refractivity contribution < 1.29 is 22.8 Å². The number of benzene rings is 1. The Morgan fingerprint density at radius 2 is 1.83 bits per heavy atom. The van der Waals surface area contributed by atoms with E-state index in [1.165, 1.54) is 6.07 Å². The molecule has 1 aromatic rings. The second kappa shape index (κ2) is 9.36. The van der Waals surface area contributed by atoms with Crippen molar-refractivity contribution in [1.29, 1.82) is 0 Å². The fourth-order valence-electron chi connectivity index (χ4n) is 1.75. The Bertz CT molecular complexity index is 551. The number of halogens is 4. The SMILES string of the molecule is CCCC(=O)NCC(=O)Nc1cc(CN)cc(C(F)(F)F)c1.Cl. The maximum absolute atomic E-state index is 12.7. The number of anilines is 1. The van der Waals surface area contributed by atoms with Gasteiger partial charge in [0.05, 0.1) is 12.1 Å². The third-order valence-corrected chi connectivity index (χ3v) is 2.76. The van der Waals surface area contributed by atoms with Gasteiger partial charge >= 0.3 is 6.18 Å². The highest BCUT2D eigenvalue weighted by atomic mass is 35.5. The number of nitrogens with two attached hydrogens (primary N) is 1. The second-order valence-corrected chi connectivity index (χ2v) is 4.70. The van der Waals surface area contributed by atoms with Gasteiger partial charge in [-0.05, 0) is 30.2 Å². The van der Waals surface area contributed by atoms with Gasteiger partial charge in [0.1, 0.15) is 0 Å². The molecule has 0 aliphatic carbocycles. The molecule has 0 unspecified atom stereocenters. The normalized spacial score (nSPS) is 10.7. The van der Waals surface area contributed by atoms with Gasteiger partial charge in [-0.3, -0.25) is 9.59 Å². The minimum Gasteiger partial charge on any atom is -0.347 e. The molecule has 0 aliphatic heterocycles. The predicted molar refractivity (Wildman–Crippen MR) is 83.1 cm³/mol. The molecule has 1 rings (SSSR count). The summed E-state index contributed by atoms with van der Waals surface area (Å²) in [5, 5.41) is 4.70. The molecule has 0 aromatic heterocycles. The highest BCUT2D eigenvalue weighted by Gasteiger charge is 2.31. The summed E-state index contributed by atoms with van der Waals surface area (Å²) < 4.78 is 38.2. The monoisotopic (exact) mass is 353 g/mol. The maximum Gasteiger partial charge on any atom is 0.416 e. The van der Waals surface area contributed by atoms with Gasteiger partial charge in [0.2, 0.25) is 11.8 Å². The predicted octanol–water partition coefficient (Wildman–Crippen LogP) is 2.44. The van der Waals surface area contributed by atoms with E-state index >= 15 is 0 Å². The van der Waals surface area contributed by atoms with Crippen molar-refractivity contribution in [2.75, 3.05) is 11.9 Å². The topological polar surface area (TPSA) is 84.2 Å². The third kappa shape index (κ3) is 7.34. The van der Waals surface area contributed by atoms with Gasteiger partial charge in [-0.25, -0.2) is 0 Å². The first-order chi connectivity index (χ1) is 10.3. The Labute approximate surface area is 138 Å². The van der Waals surface area contributed by atoms with Crippen LogP contribution in [0.2, 0.25) is 0 Å². The average molecular weight is 354 g/mol. The van der Waals surface area contributed by atoms with E-state index < -0.39 is 17.6 Å². The lowest BCUT2D eigenvalue weighted by molar-refractivity contribution is -0.137. The van der Waals surface area contributed by atoms with Crippen LogP contribution in [-0.2, 0) is 22.3 Å². The molecule has 2 amide bonds. The molecule has 0 bridgehead atoms. The van der Waals surface area contributed by atoms with Gasteiger partial charge in [0.15, 0.2) is 0 Å². The summed E-state index contributed by atoms with van der Waals surface area (Å²) in [5.74, 6) is -0.893. The average Bonchev–Trinajstić information content (AvgIpc) is 2.44. The number of hydrogen-bond acceptors (Lipinski definition) is 3. The Kier molecular flexibility index (Phi) is 8.63. The number of amides is 2. The van der Waals surface area contributed by atoms with E-state index in [-0.39, 0.29) is 49.1 Å². The number of rotatable bonds is 6. The summed E-state index contributed by atoms with van der Waals surface area (Å²) in [6.45, 7) is 1.43. The molecule has 130 valence electrons.